The number of hydrogen-bond donors (Lipinski definition) is 1. The summed E-state index contributed by atoms with van der Waals surface area (Å²) >= 11 is 0. The quantitative estimate of drug-likeness (QED) is 0.883. The third-order valence-electron chi connectivity index (χ3n) is 2.86. The predicted octanol–water partition coefficient (Wildman–Crippen LogP) is 1.35. The van der Waals surface area contributed by atoms with Crippen molar-refractivity contribution in [3.63, 3.8) is 0 Å². The highest BCUT2D eigenvalue weighted by atomic mass is 19.1. The van der Waals surface area contributed by atoms with Gasteiger partial charge in [-0.25, -0.2) is 13.2 Å². The Kier molecular flexibility index (Phi) is 3.46. The Morgan fingerprint density at radius 1 is 1.26 bits per heavy atom. The highest BCUT2D eigenvalue weighted by Gasteiger charge is 2.35. The molecule has 1 aliphatic rings. The van der Waals surface area contributed by atoms with E-state index >= 15 is 0 Å². The molecule has 1 aromatic rings. The van der Waals surface area contributed by atoms with Gasteiger partial charge >= 0.3 is 0 Å². The van der Waals surface area contributed by atoms with Crippen molar-refractivity contribution in [2.75, 3.05) is 11.4 Å². The standard InChI is InChI=1S/C12H11F3N2O2/c1-2-9-12(19)17(5-10(18)16-9)11-7(14)3-6(13)4-8(11)15/h3-4,9H,2,5H2,1H3,(H,16,18). The molecule has 7 heteroatoms. The van der Waals surface area contributed by atoms with Gasteiger partial charge in [0.1, 0.15) is 24.1 Å². The zero-order valence-electron chi connectivity index (χ0n) is 10.0. The maximum atomic E-state index is 13.6. The zero-order chi connectivity index (χ0) is 14.2. The molecule has 2 amide bonds. The maximum absolute atomic E-state index is 13.6. The summed E-state index contributed by atoms with van der Waals surface area (Å²) in [6.45, 7) is 1.17. The molecule has 2 rings (SSSR count). The van der Waals surface area contributed by atoms with Gasteiger partial charge in [0, 0.05) is 12.1 Å². The molecule has 4 nitrogen and oxygen atoms in total. The summed E-state index contributed by atoms with van der Waals surface area (Å²) in [4.78, 5) is 24.1. The van der Waals surface area contributed by atoms with Gasteiger partial charge < -0.3 is 5.32 Å². The normalized spacial score (nSPS) is 19.6. The number of hydrogen-bond acceptors (Lipinski definition) is 2. The molecule has 0 aromatic heterocycles. The van der Waals surface area contributed by atoms with Crippen molar-refractivity contribution in [2.24, 2.45) is 0 Å². The lowest BCUT2D eigenvalue weighted by Gasteiger charge is -2.32. The molecule has 0 aliphatic carbocycles. The highest BCUT2D eigenvalue weighted by molar-refractivity contribution is 6.06. The molecule has 1 saturated heterocycles. The van der Waals surface area contributed by atoms with E-state index in [2.05, 4.69) is 5.32 Å². The van der Waals surface area contributed by atoms with Crippen molar-refractivity contribution in [3.05, 3.63) is 29.6 Å². The summed E-state index contributed by atoms with van der Waals surface area (Å²) in [7, 11) is 0. The van der Waals surface area contributed by atoms with Crippen molar-refractivity contribution >= 4 is 17.5 Å². The van der Waals surface area contributed by atoms with E-state index in [1.54, 1.807) is 6.92 Å². The van der Waals surface area contributed by atoms with E-state index in [1.165, 1.54) is 0 Å². The van der Waals surface area contributed by atoms with Crippen molar-refractivity contribution in [2.45, 2.75) is 19.4 Å². The summed E-state index contributed by atoms with van der Waals surface area (Å²) in [5, 5.41) is 2.42. The van der Waals surface area contributed by atoms with Gasteiger partial charge in [-0.05, 0) is 6.42 Å². The van der Waals surface area contributed by atoms with Crippen LogP contribution in [0.25, 0.3) is 0 Å². The lowest BCUT2D eigenvalue weighted by molar-refractivity contribution is -0.131. The van der Waals surface area contributed by atoms with Crippen LogP contribution >= 0.6 is 0 Å². The highest BCUT2D eigenvalue weighted by Crippen LogP contribution is 2.26. The third kappa shape index (κ3) is 2.40. The van der Waals surface area contributed by atoms with Crippen LogP contribution in [0.5, 0.6) is 0 Å². The number of nitrogens with zero attached hydrogens (tertiary/aromatic N) is 1. The number of halogens is 3. The summed E-state index contributed by atoms with van der Waals surface area (Å²) in [6, 6.07) is 0.114. The van der Waals surface area contributed by atoms with Crippen molar-refractivity contribution in [1.29, 1.82) is 0 Å². The van der Waals surface area contributed by atoms with Crippen LogP contribution in [0.1, 0.15) is 13.3 Å². The lowest BCUT2D eigenvalue weighted by Crippen LogP contribution is -2.58. The number of piperazine rings is 1. The monoisotopic (exact) mass is 272 g/mol. The Morgan fingerprint density at radius 2 is 1.84 bits per heavy atom. The van der Waals surface area contributed by atoms with Crippen LogP contribution < -0.4 is 10.2 Å². The lowest BCUT2D eigenvalue weighted by atomic mass is 10.1. The number of carbonyl (C=O) groups is 2. The van der Waals surface area contributed by atoms with Crippen LogP contribution in [0.4, 0.5) is 18.9 Å². The van der Waals surface area contributed by atoms with Gasteiger partial charge in [0.2, 0.25) is 11.8 Å². The van der Waals surface area contributed by atoms with Crippen molar-refractivity contribution in [3.8, 4) is 0 Å². The summed E-state index contributed by atoms with van der Waals surface area (Å²) in [6.07, 6.45) is 0.297. The fourth-order valence-corrected chi connectivity index (χ4v) is 1.97. The predicted molar refractivity (Wildman–Crippen MR) is 60.9 cm³/mol. The van der Waals surface area contributed by atoms with Gasteiger partial charge in [0.15, 0.2) is 11.6 Å². The fraction of sp³-hybridized carbons (Fsp3) is 0.333. The SMILES string of the molecule is CCC1NC(=O)CN(c2c(F)cc(F)cc2F)C1=O. The minimum atomic E-state index is -1.21. The van der Waals surface area contributed by atoms with Crippen molar-refractivity contribution in [1.82, 2.24) is 5.32 Å². The maximum Gasteiger partial charge on any atom is 0.250 e. The Labute approximate surface area is 107 Å². The van der Waals surface area contributed by atoms with E-state index < -0.39 is 47.5 Å². The minimum Gasteiger partial charge on any atom is -0.343 e. The fourth-order valence-electron chi connectivity index (χ4n) is 1.97. The zero-order valence-corrected chi connectivity index (χ0v) is 10.0. The van der Waals surface area contributed by atoms with E-state index in [1.807, 2.05) is 0 Å². The molecule has 1 aliphatic heterocycles. The molecule has 1 fully saturated rings. The first kappa shape index (κ1) is 13.4. The number of amides is 2. The Hall–Kier alpha value is -2.05. The molecular formula is C12H11F3N2O2. The summed E-state index contributed by atoms with van der Waals surface area (Å²) in [5.41, 5.74) is -0.695. The van der Waals surface area contributed by atoms with Gasteiger partial charge in [-0.2, -0.15) is 0 Å². The first-order valence-electron chi connectivity index (χ1n) is 5.69. The minimum absolute atomic E-state index is 0.297. The molecule has 1 N–H and O–H groups in total. The molecule has 0 saturated carbocycles. The average Bonchev–Trinajstić information content (AvgIpc) is 2.31. The molecule has 102 valence electrons. The smallest absolute Gasteiger partial charge is 0.250 e. The van der Waals surface area contributed by atoms with Crippen LogP contribution in [-0.2, 0) is 9.59 Å². The number of nitrogens with one attached hydrogen (secondary N) is 1. The summed E-state index contributed by atoms with van der Waals surface area (Å²) in [5.74, 6) is -4.65. The second-order valence-electron chi connectivity index (χ2n) is 4.17. The Morgan fingerprint density at radius 3 is 2.37 bits per heavy atom. The van der Waals surface area contributed by atoms with Gasteiger partial charge in [-0.3, -0.25) is 14.5 Å². The first-order chi connectivity index (χ1) is 8.93. The first-order valence-corrected chi connectivity index (χ1v) is 5.69. The molecule has 0 spiro atoms. The number of anilines is 1. The molecular weight excluding hydrogens is 261 g/mol. The van der Waals surface area contributed by atoms with Gasteiger partial charge in [0.25, 0.3) is 0 Å². The largest absolute Gasteiger partial charge is 0.343 e. The van der Waals surface area contributed by atoms with Crippen LogP contribution in [0.3, 0.4) is 0 Å². The number of rotatable bonds is 2. The Bertz CT molecular complexity index is 525. The second-order valence-corrected chi connectivity index (χ2v) is 4.17. The molecule has 19 heavy (non-hydrogen) atoms. The van der Waals surface area contributed by atoms with Crippen LogP contribution in [0, 0.1) is 17.5 Å². The topological polar surface area (TPSA) is 49.4 Å². The summed E-state index contributed by atoms with van der Waals surface area (Å²) < 4.78 is 40.1. The van der Waals surface area contributed by atoms with E-state index in [0.717, 1.165) is 0 Å². The third-order valence-corrected chi connectivity index (χ3v) is 2.86. The Balaban J connectivity index is 2.45. The second kappa shape index (κ2) is 4.91. The molecule has 1 unspecified atom stereocenters. The van der Waals surface area contributed by atoms with E-state index in [-0.39, 0.29) is 0 Å². The van der Waals surface area contributed by atoms with Gasteiger partial charge in [-0.15, -0.1) is 0 Å². The van der Waals surface area contributed by atoms with E-state index in [0.29, 0.717) is 23.5 Å². The van der Waals surface area contributed by atoms with Crippen LogP contribution in [0.15, 0.2) is 12.1 Å². The number of carbonyl (C=O) groups excluding carboxylic acids is 2. The van der Waals surface area contributed by atoms with Gasteiger partial charge in [-0.1, -0.05) is 6.92 Å². The molecule has 1 heterocycles. The van der Waals surface area contributed by atoms with Gasteiger partial charge in [0.05, 0.1) is 0 Å². The number of benzene rings is 1. The molecule has 1 atom stereocenters. The molecule has 0 radical (unpaired) electrons. The van der Waals surface area contributed by atoms with Crippen LogP contribution in [-0.4, -0.2) is 24.4 Å². The van der Waals surface area contributed by atoms with Crippen molar-refractivity contribution < 1.29 is 22.8 Å². The van der Waals surface area contributed by atoms with E-state index in [4.69, 9.17) is 0 Å². The molecule has 0 bridgehead atoms. The van der Waals surface area contributed by atoms with Crippen LogP contribution in [0.2, 0.25) is 0 Å². The average molecular weight is 272 g/mol. The van der Waals surface area contributed by atoms with E-state index in [9.17, 15) is 22.8 Å². The molecule has 1 aromatic carbocycles.